The molecule has 2 rings (SSSR count). The molecule has 0 aliphatic rings. The summed E-state index contributed by atoms with van der Waals surface area (Å²) in [5, 5.41) is 7.77. The lowest BCUT2D eigenvalue weighted by atomic mass is 10.2. The van der Waals surface area contributed by atoms with Gasteiger partial charge in [-0.3, -0.25) is 0 Å². The number of imidazole rings is 1. The molecule has 0 aromatic carbocycles. The van der Waals surface area contributed by atoms with Gasteiger partial charge >= 0.3 is 0 Å². The molecule has 0 saturated carbocycles. The second-order valence-electron chi connectivity index (χ2n) is 3.66. The topological polar surface area (TPSA) is 40.7 Å². The minimum atomic E-state index is 0.824. The van der Waals surface area contributed by atoms with Gasteiger partial charge in [0.25, 0.3) is 0 Å². The van der Waals surface area contributed by atoms with E-state index in [1.54, 1.807) is 17.7 Å². The van der Waals surface area contributed by atoms with Gasteiger partial charge in [-0.15, -0.1) is 0 Å². The van der Waals surface area contributed by atoms with Crippen LogP contribution in [0.4, 0.5) is 0 Å². The number of nitrogens with zero attached hydrogens (tertiary/aromatic N) is 1. The molecule has 0 fully saturated rings. The lowest BCUT2D eigenvalue weighted by Crippen LogP contribution is -2.13. The van der Waals surface area contributed by atoms with Gasteiger partial charge in [0.1, 0.15) is 0 Å². The van der Waals surface area contributed by atoms with Crippen molar-refractivity contribution in [3.8, 4) is 0 Å². The minimum Gasteiger partial charge on any atom is -0.348 e. The number of thiophene rings is 1. The first-order valence-corrected chi connectivity index (χ1v) is 5.93. The Kier molecular flexibility index (Phi) is 3.18. The number of hydrogen-bond donors (Lipinski definition) is 2. The molecular formula is C11H15N3S. The van der Waals surface area contributed by atoms with Crippen LogP contribution in [0.3, 0.4) is 0 Å². The summed E-state index contributed by atoms with van der Waals surface area (Å²) in [7, 11) is 0. The lowest BCUT2D eigenvalue weighted by molar-refractivity contribution is 0.678. The van der Waals surface area contributed by atoms with Crippen molar-refractivity contribution in [3.05, 3.63) is 39.6 Å². The Morgan fingerprint density at radius 3 is 2.80 bits per heavy atom. The normalized spacial score (nSPS) is 10.8. The standard InChI is InChI=1S/C11H15N3S/c1-8-5-15-6-10(8)3-12-4-11-9(2)13-7-14-11/h5-7,12H,3-4H2,1-2H3,(H,13,14). The van der Waals surface area contributed by atoms with E-state index in [2.05, 4.69) is 33.0 Å². The van der Waals surface area contributed by atoms with Crippen molar-refractivity contribution < 1.29 is 0 Å². The number of hydrogen-bond acceptors (Lipinski definition) is 3. The monoisotopic (exact) mass is 221 g/mol. The average Bonchev–Trinajstić information content (AvgIpc) is 2.78. The van der Waals surface area contributed by atoms with Gasteiger partial charge in [-0.1, -0.05) is 0 Å². The molecule has 80 valence electrons. The first-order chi connectivity index (χ1) is 7.27. The van der Waals surface area contributed by atoms with Crippen LogP contribution in [0.5, 0.6) is 0 Å². The SMILES string of the molecule is Cc1cscc1CNCc1nc[nH]c1C. The Labute approximate surface area is 93.6 Å². The Hall–Kier alpha value is -1.13. The highest BCUT2D eigenvalue weighted by atomic mass is 32.1. The maximum absolute atomic E-state index is 4.24. The summed E-state index contributed by atoms with van der Waals surface area (Å²) in [5.74, 6) is 0. The van der Waals surface area contributed by atoms with Crippen molar-refractivity contribution in [1.29, 1.82) is 0 Å². The Bertz CT molecular complexity index is 390. The Balaban J connectivity index is 1.86. The molecule has 2 heterocycles. The maximum atomic E-state index is 4.24. The van der Waals surface area contributed by atoms with E-state index >= 15 is 0 Å². The molecule has 0 atom stereocenters. The fourth-order valence-electron chi connectivity index (χ4n) is 1.45. The third-order valence-electron chi connectivity index (χ3n) is 2.50. The molecular weight excluding hydrogens is 206 g/mol. The summed E-state index contributed by atoms with van der Waals surface area (Å²) in [6.45, 7) is 5.93. The van der Waals surface area contributed by atoms with Crippen molar-refractivity contribution in [2.75, 3.05) is 0 Å². The number of H-pyrrole nitrogens is 1. The molecule has 3 nitrogen and oxygen atoms in total. The predicted molar refractivity (Wildman–Crippen MR) is 62.9 cm³/mol. The molecule has 4 heteroatoms. The molecule has 0 saturated heterocycles. The van der Waals surface area contributed by atoms with Crippen LogP contribution in [0, 0.1) is 13.8 Å². The second-order valence-corrected chi connectivity index (χ2v) is 4.40. The fraction of sp³-hybridized carbons (Fsp3) is 0.364. The van der Waals surface area contributed by atoms with Gasteiger partial charge in [-0.05, 0) is 35.7 Å². The molecule has 0 radical (unpaired) electrons. The van der Waals surface area contributed by atoms with Gasteiger partial charge in [0, 0.05) is 18.8 Å². The average molecular weight is 221 g/mol. The van der Waals surface area contributed by atoms with E-state index in [0.29, 0.717) is 0 Å². The van der Waals surface area contributed by atoms with E-state index in [-0.39, 0.29) is 0 Å². The number of aromatic amines is 1. The number of rotatable bonds is 4. The highest BCUT2D eigenvalue weighted by Gasteiger charge is 2.01. The summed E-state index contributed by atoms with van der Waals surface area (Å²) in [6, 6.07) is 0. The largest absolute Gasteiger partial charge is 0.348 e. The van der Waals surface area contributed by atoms with Crippen molar-refractivity contribution in [1.82, 2.24) is 15.3 Å². The van der Waals surface area contributed by atoms with Crippen LogP contribution < -0.4 is 5.32 Å². The molecule has 0 aliphatic carbocycles. The summed E-state index contributed by atoms with van der Waals surface area (Å²) in [4.78, 5) is 7.32. The minimum absolute atomic E-state index is 0.824. The van der Waals surface area contributed by atoms with E-state index in [1.165, 1.54) is 11.1 Å². The first kappa shape index (κ1) is 10.4. The molecule has 0 bridgehead atoms. The van der Waals surface area contributed by atoms with Gasteiger partial charge in [-0.25, -0.2) is 4.98 Å². The molecule has 0 amide bonds. The van der Waals surface area contributed by atoms with E-state index in [4.69, 9.17) is 0 Å². The van der Waals surface area contributed by atoms with Gasteiger partial charge in [0.05, 0.1) is 12.0 Å². The van der Waals surface area contributed by atoms with Gasteiger partial charge in [0.2, 0.25) is 0 Å². The molecule has 0 aliphatic heterocycles. The second kappa shape index (κ2) is 4.59. The fourth-order valence-corrected chi connectivity index (χ4v) is 2.31. The van der Waals surface area contributed by atoms with Crippen LogP contribution in [0.15, 0.2) is 17.1 Å². The summed E-state index contributed by atoms with van der Waals surface area (Å²) in [6.07, 6.45) is 1.74. The maximum Gasteiger partial charge on any atom is 0.0925 e. The quantitative estimate of drug-likeness (QED) is 0.832. The highest BCUT2D eigenvalue weighted by Crippen LogP contribution is 2.13. The lowest BCUT2D eigenvalue weighted by Gasteiger charge is -2.03. The van der Waals surface area contributed by atoms with Crippen LogP contribution in [0.2, 0.25) is 0 Å². The van der Waals surface area contributed by atoms with Gasteiger partial charge in [-0.2, -0.15) is 11.3 Å². The van der Waals surface area contributed by atoms with Crippen molar-refractivity contribution >= 4 is 11.3 Å². The Morgan fingerprint density at radius 1 is 1.33 bits per heavy atom. The van der Waals surface area contributed by atoms with Crippen LogP contribution in [-0.2, 0) is 13.1 Å². The summed E-state index contributed by atoms with van der Waals surface area (Å²) < 4.78 is 0. The van der Waals surface area contributed by atoms with Crippen molar-refractivity contribution in [3.63, 3.8) is 0 Å². The molecule has 2 aromatic heterocycles. The van der Waals surface area contributed by atoms with Crippen LogP contribution in [0.1, 0.15) is 22.5 Å². The van der Waals surface area contributed by atoms with Crippen LogP contribution in [0.25, 0.3) is 0 Å². The Morgan fingerprint density at radius 2 is 2.20 bits per heavy atom. The first-order valence-electron chi connectivity index (χ1n) is 4.98. The molecule has 15 heavy (non-hydrogen) atoms. The zero-order valence-electron chi connectivity index (χ0n) is 9.00. The predicted octanol–water partition coefficient (Wildman–Crippen LogP) is 2.38. The number of aryl methyl sites for hydroxylation is 2. The van der Waals surface area contributed by atoms with Crippen LogP contribution >= 0.6 is 11.3 Å². The smallest absolute Gasteiger partial charge is 0.0925 e. The highest BCUT2D eigenvalue weighted by molar-refractivity contribution is 7.08. The van der Waals surface area contributed by atoms with E-state index in [0.717, 1.165) is 24.5 Å². The summed E-state index contributed by atoms with van der Waals surface area (Å²) in [5.41, 5.74) is 4.99. The number of nitrogens with one attached hydrogen (secondary N) is 2. The van der Waals surface area contributed by atoms with Crippen molar-refractivity contribution in [2.45, 2.75) is 26.9 Å². The van der Waals surface area contributed by atoms with Gasteiger partial charge in [0.15, 0.2) is 0 Å². The number of aromatic nitrogens is 2. The van der Waals surface area contributed by atoms with E-state index in [9.17, 15) is 0 Å². The van der Waals surface area contributed by atoms with E-state index in [1.807, 2.05) is 6.92 Å². The van der Waals surface area contributed by atoms with Crippen molar-refractivity contribution in [2.24, 2.45) is 0 Å². The zero-order valence-corrected chi connectivity index (χ0v) is 9.82. The molecule has 2 N–H and O–H groups in total. The molecule has 0 unspecified atom stereocenters. The third-order valence-corrected chi connectivity index (χ3v) is 3.41. The van der Waals surface area contributed by atoms with E-state index < -0.39 is 0 Å². The molecule has 2 aromatic rings. The zero-order chi connectivity index (χ0) is 10.7. The van der Waals surface area contributed by atoms with Gasteiger partial charge < -0.3 is 10.3 Å². The summed E-state index contributed by atoms with van der Waals surface area (Å²) >= 11 is 1.76. The third kappa shape index (κ3) is 2.46. The molecule has 0 spiro atoms. The van der Waals surface area contributed by atoms with Crippen LogP contribution in [-0.4, -0.2) is 9.97 Å².